The Morgan fingerprint density at radius 2 is 1.03 bits per heavy atom. The molecule has 1 spiro atoms. The van der Waals surface area contributed by atoms with Crippen LogP contribution in [0.4, 0.5) is 0 Å². The molecule has 0 unspecified atom stereocenters. The molecule has 3 aliphatic carbocycles. The summed E-state index contributed by atoms with van der Waals surface area (Å²) in [7, 11) is 0. The van der Waals surface area contributed by atoms with Gasteiger partial charge in [0.15, 0.2) is 0 Å². The van der Waals surface area contributed by atoms with Gasteiger partial charge in [0.25, 0.3) is 0 Å². The van der Waals surface area contributed by atoms with Crippen molar-refractivity contribution in [2.24, 2.45) is 0 Å². The Balaban J connectivity index is 1.40. The summed E-state index contributed by atoms with van der Waals surface area (Å²) < 4.78 is 0. The molecule has 3 aliphatic rings. The second-order valence-electron chi connectivity index (χ2n) is 10.6. The highest BCUT2D eigenvalue weighted by molar-refractivity contribution is 5.97. The summed E-state index contributed by atoms with van der Waals surface area (Å²) in [5.41, 5.74) is 17.1. The van der Waals surface area contributed by atoms with Gasteiger partial charge in [-0.15, -0.1) is 0 Å². The van der Waals surface area contributed by atoms with E-state index in [-0.39, 0.29) is 5.41 Å². The van der Waals surface area contributed by atoms with Crippen molar-refractivity contribution in [3.05, 3.63) is 149 Å². The second-order valence-corrected chi connectivity index (χ2v) is 10.6. The summed E-state index contributed by atoms with van der Waals surface area (Å²) in [5.74, 6) is 0. The molecule has 1 heterocycles. The van der Waals surface area contributed by atoms with Crippen molar-refractivity contribution < 1.29 is 0 Å². The van der Waals surface area contributed by atoms with E-state index in [2.05, 4.69) is 115 Å². The number of nitrogens with zero attached hydrogens (tertiary/aromatic N) is 1. The van der Waals surface area contributed by atoms with Gasteiger partial charge in [0.2, 0.25) is 0 Å². The molecule has 0 saturated heterocycles. The van der Waals surface area contributed by atoms with Gasteiger partial charge in [-0.1, -0.05) is 97.1 Å². The van der Waals surface area contributed by atoms with Crippen LogP contribution in [-0.4, -0.2) is 4.98 Å². The third kappa shape index (κ3) is 2.33. The van der Waals surface area contributed by atoms with Crippen molar-refractivity contribution >= 4 is 10.9 Å². The van der Waals surface area contributed by atoms with E-state index in [1.165, 1.54) is 66.6 Å². The number of benzene rings is 5. The van der Waals surface area contributed by atoms with Gasteiger partial charge in [0, 0.05) is 10.9 Å². The summed E-state index contributed by atoms with van der Waals surface area (Å²) in [6.07, 6.45) is 2.08. The molecule has 6 aromatic rings. The van der Waals surface area contributed by atoms with Gasteiger partial charge in [0.05, 0.1) is 16.6 Å². The third-order valence-corrected chi connectivity index (χ3v) is 8.94. The lowest BCUT2D eigenvalue weighted by atomic mass is 9.70. The Hall–Kier alpha value is -4.49. The van der Waals surface area contributed by atoms with Crippen LogP contribution in [0.5, 0.6) is 0 Å². The van der Waals surface area contributed by atoms with Gasteiger partial charge in [-0.05, 0) is 86.7 Å². The fourth-order valence-electron chi connectivity index (χ4n) is 7.46. The number of hydrogen-bond donors (Lipinski definition) is 0. The predicted molar refractivity (Wildman–Crippen MR) is 151 cm³/mol. The Labute approximate surface area is 216 Å². The number of rotatable bonds is 0. The Kier molecular flexibility index (Phi) is 3.63. The SMILES string of the molecule is c1ccc2c(c1)-c1ccccc1C21c2ccccc2-c2cc3c(cc21)CCc1cc2ccccc2nc1-3. The Morgan fingerprint density at radius 1 is 0.459 bits per heavy atom. The lowest BCUT2D eigenvalue weighted by molar-refractivity contribution is 0.789. The van der Waals surface area contributed by atoms with Crippen LogP contribution >= 0.6 is 0 Å². The molecule has 172 valence electrons. The van der Waals surface area contributed by atoms with Gasteiger partial charge in [-0.2, -0.15) is 0 Å². The molecular formula is C36H23N. The first-order valence-electron chi connectivity index (χ1n) is 13.2. The van der Waals surface area contributed by atoms with E-state index in [4.69, 9.17) is 4.98 Å². The first kappa shape index (κ1) is 19.7. The van der Waals surface area contributed by atoms with Crippen LogP contribution in [0.25, 0.3) is 44.4 Å². The molecule has 0 aliphatic heterocycles. The first-order valence-corrected chi connectivity index (χ1v) is 13.2. The van der Waals surface area contributed by atoms with Crippen molar-refractivity contribution in [1.82, 2.24) is 4.98 Å². The van der Waals surface area contributed by atoms with Crippen molar-refractivity contribution in [3.8, 4) is 33.5 Å². The smallest absolute Gasteiger partial charge is 0.0744 e. The molecule has 0 bridgehead atoms. The first-order chi connectivity index (χ1) is 18.3. The van der Waals surface area contributed by atoms with E-state index in [0.717, 1.165) is 24.1 Å². The molecule has 0 fully saturated rings. The summed E-state index contributed by atoms with van der Waals surface area (Å²) >= 11 is 0. The van der Waals surface area contributed by atoms with E-state index in [9.17, 15) is 0 Å². The van der Waals surface area contributed by atoms with Crippen LogP contribution < -0.4 is 0 Å². The van der Waals surface area contributed by atoms with Crippen LogP contribution in [0.15, 0.2) is 115 Å². The second kappa shape index (κ2) is 6.83. The van der Waals surface area contributed by atoms with E-state index in [1.54, 1.807) is 0 Å². The number of pyridine rings is 1. The maximum absolute atomic E-state index is 5.20. The lowest BCUT2D eigenvalue weighted by Crippen LogP contribution is -2.26. The van der Waals surface area contributed by atoms with E-state index in [0.29, 0.717) is 0 Å². The molecule has 0 N–H and O–H groups in total. The minimum atomic E-state index is -0.273. The Morgan fingerprint density at radius 3 is 1.73 bits per heavy atom. The normalized spacial score (nSPS) is 15.0. The zero-order valence-corrected chi connectivity index (χ0v) is 20.3. The summed E-state index contributed by atoms with van der Waals surface area (Å²) in [6, 6.07) is 43.0. The fourth-order valence-corrected chi connectivity index (χ4v) is 7.46. The Bertz CT molecular complexity index is 1900. The number of para-hydroxylation sites is 1. The lowest BCUT2D eigenvalue weighted by Gasteiger charge is -2.31. The molecule has 1 nitrogen and oxygen atoms in total. The van der Waals surface area contributed by atoms with Crippen LogP contribution in [0.2, 0.25) is 0 Å². The highest BCUT2D eigenvalue weighted by Gasteiger charge is 2.51. The van der Waals surface area contributed by atoms with Gasteiger partial charge >= 0.3 is 0 Å². The van der Waals surface area contributed by atoms with Crippen LogP contribution in [0, 0.1) is 0 Å². The molecule has 9 rings (SSSR count). The summed E-state index contributed by atoms with van der Waals surface area (Å²) in [6.45, 7) is 0. The molecule has 1 heteroatoms. The number of fused-ring (bicyclic) bond motifs is 14. The zero-order chi connectivity index (χ0) is 24.1. The summed E-state index contributed by atoms with van der Waals surface area (Å²) in [4.78, 5) is 5.20. The minimum Gasteiger partial charge on any atom is -0.247 e. The maximum Gasteiger partial charge on any atom is 0.0744 e. The van der Waals surface area contributed by atoms with E-state index in [1.807, 2.05) is 0 Å². The zero-order valence-electron chi connectivity index (χ0n) is 20.3. The topological polar surface area (TPSA) is 12.9 Å². The molecule has 37 heavy (non-hydrogen) atoms. The minimum absolute atomic E-state index is 0.273. The van der Waals surface area contributed by atoms with Gasteiger partial charge in [0.1, 0.15) is 0 Å². The molecule has 0 radical (unpaired) electrons. The largest absolute Gasteiger partial charge is 0.247 e. The highest BCUT2D eigenvalue weighted by Crippen LogP contribution is 2.63. The van der Waals surface area contributed by atoms with Crippen molar-refractivity contribution in [1.29, 1.82) is 0 Å². The monoisotopic (exact) mass is 469 g/mol. The average molecular weight is 470 g/mol. The fraction of sp³-hybridized carbons (Fsp3) is 0.0833. The van der Waals surface area contributed by atoms with Crippen LogP contribution in [-0.2, 0) is 18.3 Å². The van der Waals surface area contributed by atoms with E-state index >= 15 is 0 Å². The predicted octanol–water partition coefficient (Wildman–Crippen LogP) is 8.34. The third-order valence-electron chi connectivity index (χ3n) is 8.94. The molecule has 1 aromatic heterocycles. The van der Waals surface area contributed by atoms with Gasteiger partial charge in [-0.3, -0.25) is 0 Å². The molecule has 0 atom stereocenters. The van der Waals surface area contributed by atoms with E-state index < -0.39 is 0 Å². The van der Waals surface area contributed by atoms with Crippen molar-refractivity contribution in [2.45, 2.75) is 18.3 Å². The van der Waals surface area contributed by atoms with Crippen molar-refractivity contribution in [3.63, 3.8) is 0 Å². The van der Waals surface area contributed by atoms with Crippen molar-refractivity contribution in [2.75, 3.05) is 0 Å². The average Bonchev–Trinajstić information content (AvgIpc) is 3.42. The van der Waals surface area contributed by atoms with Crippen LogP contribution in [0.1, 0.15) is 33.4 Å². The van der Waals surface area contributed by atoms with Gasteiger partial charge < -0.3 is 0 Å². The molecule has 0 amide bonds. The molecule has 0 saturated carbocycles. The quantitative estimate of drug-likeness (QED) is 0.217. The number of hydrogen-bond acceptors (Lipinski definition) is 1. The van der Waals surface area contributed by atoms with Crippen LogP contribution in [0.3, 0.4) is 0 Å². The summed E-state index contributed by atoms with van der Waals surface area (Å²) in [5, 5.41) is 1.23. The van der Waals surface area contributed by atoms with Gasteiger partial charge in [-0.25, -0.2) is 4.98 Å². The highest BCUT2D eigenvalue weighted by atomic mass is 14.7. The molecule has 5 aromatic carbocycles. The molecular weight excluding hydrogens is 446 g/mol. The number of aromatic nitrogens is 1. The standard InChI is InChI=1S/C36H23N/c1-8-16-34-23(9-1)19-24-18-17-22-20-33-29(21-28(22)35(24)37-34)27-12-4-7-15-32(27)36(33)30-13-5-2-10-25(30)26-11-3-6-14-31(26)36/h1-16,19-21H,17-18H2. The number of aryl methyl sites for hydroxylation is 2. The maximum atomic E-state index is 5.20.